The van der Waals surface area contributed by atoms with Gasteiger partial charge in [-0.25, -0.2) is 4.84 Å². The molecule has 1 fully saturated rings. The van der Waals surface area contributed by atoms with Gasteiger partial charge in [-0.05, 0) is 17.7 Å². The van der Waals surface area contributed by atoms with E-state index in [9.17, 15) is 4.79 Å². The molecule has 2 aromatic carbocycles. The van der Waals surface area contributed by atoms with Crippen LogP contribution in [0.2, 0.25) is 0 Å². The maximum Gasteiger partial charge on any atom is 0.251 e. The number of benzene rings is 2. The molecule has 1 atom stereocenters. The third-order valence-corrected chi connectivity index (χ3v) is 3.31. The lowest BCUT2D eigenvalue weighted by Gasteiger charge is -2.31. The van der Waals surface area contributed by atoms with Gasteiger partial charge < -0.3 is 4.74 Å². The standard InChI is InChI=1S/C17H17NO3/c19-16-11-12-17(20-13-14-7-3-1-4-8-14)21-18(16)15-9-5-2-6-10-15/h1-10,17H,11-13H2. The van der Waals surface area contributed by atoms with Crippen molar-refractivity contribution in [3.63, 3.8) is 0 Å². The van der Waals surface area contributed by atoms with Gasteiger partial charge in [0.2, 0.25) is 0 Å². The Balaban J connectivity index is 1.62. The monoisotopic (exact) mass is 283 g/mol. The fourth-order valence-electron chi connectivity index (χ4n) is 2.22. The number of amides is 1. The van der Waals surface area contributed by atoms with Crippen LogP contribution in [0, 0.1) is 0 Å². The average molecular weight is 283 g/mol. The number of carbonyl (C=O) groups excluding carboxylic acids is 1. The molecule has 1 unspecified atom stereocenters. The van der Waals surface area contributed by atoms with E-state index >= 15 is 0 Å². The van der Waals surface area contributed by atoms with E-state index in [0.717, 1.165) is 11.3 Å². The van der Waals surface area contributed by atoms with Crippen molar-refractivity contribution in [1.29, 1.82) is 0 Å². The van der Waals surface area contributed by atoms with Crippen LogP contribution in [0.4, 0.5) is 5.69 Å². The van der Waals surface area contributed by atoms with Gasteiger partial charge in [0.1, 0.15) is 0 Å². The predicted molar refractivity (Wildman–Crippen MR) is 79.3 cm³/mol. The first kappa shape index (κ1) is 13.8. The Labute approximate surface area is 123 Å². The molecule has 3 rings (SSSR count). The number of nitrogens with zero attached hydrogens (tertiary/aromatic N) is 1. The Morgan fingerprint density at radius 3 is 2.43 bits per heavy atom. The average Bonchev–Trinajstić information content (AvgIpc) is 2.56. The van der Waals surface area contributed by atoms with E-state index in [0.29, 0.717) is 19.4 Å². The minimum absolute atomic E-state index is 0.0410. The van der Waals surface area contributed by atoms with Crippen LogP contribution in [-0.2, 0) is 21.0 Å². The van der Waals surface area contributed by atoms with Crippen LogP contribution in [-0.4, -0.2) is 12.2 Å². The Hall–Kier alpha value is -2.17. The lowest BCUT2D eigenvalue weighted by Crippen LogP contribution is -2.41. The van der Waals surface area contributed by atoms with E-state index < -0.39 is 6.29 Å². The summed E-state index contributed by atoms with van der Waals surface area (Å²) in [5.41, 5.74) is 1.82. The Morgan fingerprint density at radius 1 is 1.05 bits per heavy atom. The molecule has 0 saturated carbocycles. The summed E-state index contributed by atoms with van der Waals surface area (Å²) in [6.45, 7) is 0.475. The first-order chi connectivity index (χ1) is 10.3. The van der Waals surface area contributed by atoms with Crippen LogP contribution in [0.1, 0.15) is 18.4 Å². The number of ether oxygens (including phenoxy) is 1. The number of rotatable bonds is 4. The highest BCUT2D eigenvalue weighted by Gasteiger charge is 2.28. The molecule has 4 nitrogen and oxygen atoms in total. The third-order valence-electron chi connectivity index (χ3n) is 3.31. The molecule has 0 aromatic heterocycles. The van der Waals surface area contributed by atoms with E-state index in [1.807, 2.05) is 60.7 Å². The highest BCUT2D eigenvalue weighted by molar-refractivity contribution is 5.91. The van der Waals surface area contributed by atoms with Crippen molar-refractivity contribution < 1.29 is 14.4 Å². The minimum atomic E-state index is -0.400. The van der Waals surface area contributed by atoms with E-state index in [-0.39, 0.29) is 5.91 Å². The molecule has 0 N–H and O–H groups in total. The summed E-state index contributed by atoms with van der Waals surface area (Å²) >= 11 is 0. The minimum Gasteiger partial charge on any atom is -0.345 e. The molecule has 21 heavy (non-hydrogen) atoms. The second kappa shape index (κ2) is 6.52. The second-order valence-electron chi connectivity index (χ2n) is 4.89. The van der Waals surface area contributed by atoms with Gasteiger partial charge in [0.25, 0.3) is 5.91 Å². The van der Waals surface area contributed by atoms with Crippen molar-refractivity contribution in [3.05, 3.63) is 66.2 Å². The third kappa shape index (κ3) is 3.48. The van der Waals surface area contributed by atoms with Crippen molar-refractivity contribution in [2.45, 2.75) is 25.7 Å². The number of hydrogen-bond donors (Lipinski definition) is 0. The molecule has 4 heteroatoms. The number of para-hydroxylation sites is 1. The molecule has 1 aliphatic heterocycles. The molecule has 0 bridgehead atoms. The largest absolute Gasteiger partial charge is 0.345 e. The summed E-state index contributed by atoms with van der Waals surface area (Å²) in [4.78, 5) is 17.6. The molecule has 1 aliphatic rings. The second-order valence-corrected chi connectivity index (χ2v) is 4.89. The zero-order chi connectivity index (χ0) is 14.5. The first-order valence-corrected chi connectivity index (χ1v) is 7.03. The predicted octanol–water partition coefficient (Wildman–Crippen LogP) is 3.29. The van der Waals surface area contributed by atoms with Crippen LogP contribution in [0.3, 0.4) is 0 Å². The van der Waals surface area contributed by atoms with Crippen molar-refractivity contribution >= 4 is 11.6 Å². The first-order valence-electron chi connectivity index (χ1n) is 7.03. The highest BCUT2D eigenvalue weighted by atomic mass is 16.8. The van der Waals surface area contributed by atoms with E-state index in [1.54, 1.807) is 0 Å². The lowest BCUT2D eigenvalue weighted by molar-refractivity contribution is -0.185. The summed E-state index contributed by atoms with van der Waals surface area (Å²) in [5.74, 6) is -0.0410. The molecule has 1 amide bonds. The molecular weight excluding hydrogens is 266 g/mol. The Kier molecular flexibility index (Phi) is 4.28. The van der Waals surface area contributed by atoms with Gasteiger partial charge >= 0.3 is 0 Å². The molecule has 108 valence electrons. The summed E-state index contributed by atoms with van der Waals surface area (Å²) in [5, 5.41) is 1.33. The Morgan fingerprint density at radius 2 is 1.71 bits per heavy atom. The summed E-state index contributed by atoms with van der Waals surface area (Å²) < 4.78 is 5.75. The van der Waals surface area contributed by atoms with Crippen LogP contribution in [0.15, 0.2) is 60.7 Å². The topological polar surface area (TPSA) is 38.8 Å². The maximum absolute atomic E-state index is 12.0. The van der Waals surface area contributed by atoms with Gasteiger partial charge in [-0.3, -0.25) is 4.79 Å². The van der Waals surface area contributed by atoms with Crippen molar-refractivity contribution in [2.75, 3.05) is 5.06 Å². The number of carbonyl (C=O) groups is 1. The van der Waals surface area contributed by atoms with Crippen molar-refractivity contribution in [2.24, 2.45) is 0 Å². The van der Waals surface area contributed by atoms with Crippen molar-refractivity contribution in [3.8, 4) is 0 Å². The van der Waals surface area contributed by atoms with Crippen LogP contribution < -0.4 is 5.06 Å². The van der Waals surface area contributed by atoms with E-state index in [1.165, 1.54) is 5.06 Å². The van der Waals surface area contributed by atoms with Crippen LogP contribution >= 0.6 is 0 Å². The quantitative estimate of drug-likeness (QED) is 0.864. The van der Waals surface area contributed by atoms with E-state index in [2.05, 4.69) is 0 Å². The normalized spacial score (nSPS) is 18.8. The molecule has 1 saturated heterocycles. The zero-order valence-electron chi connectivity index (χ0n) is 11.6. The zero-order valence-corrected chi connectivity index (χ0v) is 11.6. The maximum atomic E-state index is 12.0. The van der Waals surface area contributed by atoms with E-state index in [4.69, 9.17) is 9.57 Å². The summed E-state index contributed by atoms with van der Waals surface area (Å²) in [7, 11) is 0. The van der Waals surface area contributed by atoms with Gasteiger partial charge in [-0.2, -0.15) is 5.06 Å². The smallest absolute Gasteiger partial charge is 0.251 e. The molecular formula is C17H17NO3. The van der Waals surface area contributed by atoms with Gasteiger partial charge in [-0.15, -0.1) is 0 Å². The Bertz CT molecular complexity index is 585. The van der Waals surface area contributed by atoms with Gasteiger partial charge in [0.15, 0.2) is 6.29 Å². The van der Waals surface area contributed by atoms with Gasteiger partial charge in [0, 0.05) is 12.8 Å². The van der Waals surface area contributed by atoms with Gasteiger partial charge in [0.05, 0.1) is 12.3 Å². The summed E-state index contributed by atoms with van der Waals surface area (Å²) in [6.07, 6.45) is 0.603. The van der Waals surface area contributed by atoms with Crippen LogP contribution in [0.5, 0.6) is 0 Å². The number of anilines is 1. The van der Waals surface area contributed by atoms with Gasteiger partial charge in [-0.1, -0.05) is 48.5 Å². The number of hydrogen-bond acceptors (Lipinski definition) is 3. The molecule has 2 aromatic rings. The lowest BCUT2D eigenvalue weighted by atomic mass is 10.2. The van der Waals surface area contributed by atoms with Crippen molar-refractivity contribution in [1.82, 2.24) is 0 Å². The van der Waals surface area contributed by atoms with Crippen LogP contribution in [0.25, 0.3) is 0 Å². The molecule has 0 radical (unpaired) electrons. The molecule has 0 spiro atoms. The molecule has 0 aliphatic carbocycles. The summed E-state index contributed by atoms with van der Waals surface area (Å²) in [6, 6.07) is 19.3. The SMILES string of the molecule is O=C1CCC(OCc2ccccc2)ON1c1ccccc1. The fraction of sp³-hybridized carbons (Fsp3) is 0.235. The fourth-order valence-corrected chi connectivity index (χ4v) is 2.22. The molecule has 1 heterocycles. The number of hydroxylamine groups is 1. The highest BCUT2D eigenvalue weighted by Crippen LogP contribution is 2.23.